The molecule has 2 aromatic rings. The van der Waals surface area contributed by atoms with Crippen molar-refractivity contribution in [1.82, 2.24) is 15.2 Å². The lowest BCUT2D eigenvalue weighted by molar-refractivity contribution is 0.0233. The highest BCUT2D eigenvalue weighted by Gasteiger charge is 2.52. The van der Waals surface area contributed by atoms with Gasteiger partial charge in [-0.05, 0) is 64.9 Å². The van der Waals surface area contributed by atoms with Gasteiger partial charge < -0.3 is 4.90 Å². The van der Waals surface area contributed by atoms with Crippen molar-refractivity contribution in [2.45, 2.75) is 19.3 Å². The standard InChI is InChI=1S/C16H17BrN4/c17-14-3-4-15(20-19-14)21-10-16(11-21)7-13(8-16)6-12-2-1-5-18-9-12/h1-5,9,13H,6-8,10-11H2. The van der Waals surface area contributed by atoms with Gasteiger partial charge in [0.05, 0.1) is 0 Å². The summed E-state index contributed by atoms with van der Waals surface area (Å²) in [6, 6.07) is 8.21. The molecule has 4 nitrogen and oxygen atoms in total. The maximum Gasteiger partial charge on any atom is 0.151 e. The average Bonchev–Trinajstić information content (AvgIpc) is 2.42. The molecule has 0 aromatic carbocycles. The second-order valence-electron chi connectivity index (χ2n) is 6.41. The van der Waals surface area contributed by atoms with Crippen LogP contribution in [0, 0.1) is 11.3 Å². The van der Waals surface area contributed by atoms with Gasteiger partial charge in [-0.25, -0.2) is 0 Å². The number of anilines is 1. The van der Waals surface area contributed by atoms with E-state index in [0.717, 1.165) is 29.4 Å². The van der Waals surface area contributed by atoms with Crippen LogP contribution in [0.3, 0.4) is 0 Å². The van der Waals surface area contributed by atoms with Crippen molar-refractivity contribution in [3.8, 4) is 0 Å². The molecule has 2 aliphatic rings. The van der Waals surface area contributed by atoms with Crippen LogP contribution in [0.2, 0.25) is 0 Å². The van der Waals surface area contributed by atoms with Gasteiger partial charge >= 0.3 is 0 Å². The van der Waals surface area contributed by atoms with Crippen LogP contribution in [-0.4, -0.2) is 28.3 Å². The smallest absolute Gasteiger partial charge is 0.151 e. The molecule has 0 unspecified atom stereocenters. The third-order valence-electron chi connectivity index (χ3n) is 4.69. The lowest BCUT2D eigenvalue weighted by Crippen LogP contribution is -2.62. The van der Waals surface area contributed by atoms with Gasteiger partial charge in [-0.1, -0.05) is 6.07 Å². The zero-order chi connectivity index (χ0) is 14.3. The van der Waals surface area contributed by atoms with Crippen LogP contribution >= 0.6 is 15.9 Å². The summed E-state index contributed by atoms with van der Waals surface area (Å²) in [4.78, 5) is 6.53. The number of pyridine rings is 1. The van der Waals surface area contributed by atoms with E-state index in [-0.39, 0.29) is 0 Å². The Hall–Kier alpha value is -1.49. The molecule has 1 saturated heterocycles. The molecule has 1 aliphatic heterocycles. The largest absolute Gasteiger partial charge is 0.354 e. The molecule has 2 aromatic heterocycles. The van der Waals surface area contributed by atoms with E-state index in [1.165, 1.54) is 24.8 Å². The summed E-state index contributed by atoms with van der Waals surface area (Å²) in [6.07, 6.45) is 7.68. The summed E-state index contributed by atoms with van der Waals surface area (Å²) in [7, 11) is 0. The maximum atomic E-state index is 4.23. The topological polar surface area (TPSA) is 41.9 Å². The Balaban J connectivity index is 1.30. The lowest BCUT2D eigenvalue weighted by atomic mass is 9.56. The van der Waals surface area contributed by atoms with Crippen LogP contribution in [0.1, 0.15) is 18.4 Å². The molecule has 108 valence electrons. The molecule has 0 atom stereocenters. The predicted octanol–water partition coefficient (Wildman–Crippen LogP) is 3.09. The molecule has 1 saturated carbocycles. The van der Waals surface area contributed by atoms with Crippen molar-refractivity contribution in [3.05, 3.63) is 46.8 Å². The molecule has 5 heteroatoms. The minimum atomic E-state index is 0.543. The minimum absolute atomic E-state index is 0.543. The van der Waals surface area contributed by atoms with Gasteiger partial charge in [0.2, 0.25) is 0 Å². The lowest BCUT2D eigenvalue weighted by Gasteiger charge is -2.59. The van der Waals surface area contributed by atoms with E-state index in [2.05, 4.69) is 42.1 Å². The number of hydrogen-bond donors (Lipinski definition) is 0. The Morgan fingerprint density at radius 1 is 1.19 bits per heavy atom. The molecule has 21 heavy (non-hydrogen) atoms. The van der Waals surface area contributed by atoms with Crippen LogP contribution in [0.4, 0.5) is 5.82 Å². The van der Waals surface area contributed by atoms with Gasteiger partial charge in [-0.2, -0.15) is 0 Å². The first-order valence-corrected chi connectivity index (χ1v) is 8.15. The highest BCUT2D eigenvalue weighted by Crippen LogP contribution is 2.53. The van der Waals surface area contributed by atoms with Crippen LogP contribution in [0.25, 0.3) is 0 Å². The van der Waals surface area contributed by atoms with Crippen molar-refractivity contribution >= 4 is 21.7 Å². The number of hydrogen-bond acceptors (Lipinski definition) is 4. The zero-order valence-corrected chi connectivity index (χ0v) is 13.3. The van der Waals surface area contributed by atoms with Gasteiger partial charge in [0, 0.05) is 30.9 Å². The van der Waals surface area contributed by atoms with Gasteiger partial charge in [-0.3, -0.25) is 4.98 Å². The summed E-state index contributed by atoms with van der Waals surface area (Å²) < 4.78 is 0.793. The number of nitrogens with zero attached hydrogens (tertiary/aromatic N) is 4. The van der Waals surface area contributed by atoms with Crippen LogP contribution in [-0.2, 0) is 6.42 Å². The molecule has 1 aliphatic carbocycles. The summed E-state index contributed by atoms with van der Waals surface area (Å²) in [6.45, 7) is 2.26. The van der Waals surface area contributed by atoms with Crippen LogP contribution in [0.15, 0.2) is 41.3 Å². The fourth-order valence-corrected chi connectivity index (χ4v) is 4.03. The van der Waals surface area contributed by atoms with E-state index in [4.69, 9.17) is 0 Å². The molecule has 4 rings (SSSR count). The summed E-state index contributed by atoms with van der Waals surface area (Å²) >= 11 is 3.32. The van der Waals surface area contributed by atoms with E-state index >= 15 is 0 Å². The van der Waals surface area contributed by atoms with Gasteiger partial charge in [0.1, 0.15) is 4.60 Å². The minimum Gasteiger partial charge on any atom is -0.354 e. The first kappa shape index (κ1) is 13.2. The molecular weight excluding hydrogens is 328 g/mol. The molecule has 0 N–H and O–H groups in total. The Labute approximate surface area is 132 Å². The van der Waals surface area contributed by atoms with Crippen LogP contribution in [0.5, 0.6) is 0 Å². The summed E-state index contributed by atoms with van der Waals surface area (Å²) in [5, 5.41) is 8.29. The third-order valence-corrected chi connectivity index (χ3v) is 5.11. The Bertz CT molecular complexity index is 614. The molecule has 0 radical (unpaired) electrons. The van der Waals surface area contributed by atoms with Crippen molar-refractivity contribution in [1.29, 1.82) is 0 Å². The SMILES string of the molecule is Brc1ccc(N2CC3(CC(Cc4cccnc4)C3)C2)nn1. The predicted molar refractivity (Wildman–Crippen MR) is 85.0 cm³/mol. The maximum absolute atomic E-state index is 4.23. The van der Waals surface area contributed by atoms with E-state index in [1.807, 2.05) is 30.6 Å². The fourth-order valence-electron chi connectivity index (χ4n) is 3.82. The van der Waals surface area contributed by atoms with Crippen LogP contribution < -0.4 is 4.90 Å². The Morgan fingerprint density at radius 2 is 2.05 bits per heavy atom. The van der Waals surface area contributed by atoms with Crippen molar-refractivity contribution < 1.29 is 0 Å². The molecule has 2 fully saturated rings. The number of halogens is 1. The Morgan fingerprint density at radius 3 is 2.71 bits per heavy atom. The van der Waals surface area contributed by atoms with Crippen molar-refractivity contribution in [3.63, 3.8) is 0 Å². The van der Waals surface area contributed by atoms with Gasteiger partial charge in [0.15, 0.2) is 5.82 Å². The second-order valence-corrected chi connectivity index (χ2v) is 7.22. The zero-order valence-electron chi connectivity index (χ0n) is 11.7. The first-order valence-electron chi connectivity index (χ1n) is 7.36. The van der Waals surface area contributed by atoms with E-state index in [9.17, 15) is 0 Å². The number of aromatic nitrogens is 3. The van der Waals surface area contributed by atoms with E-state index in [0.29, 0.717) is 5.41 Å². The molecule has 1 spiro atoms. The second kappa shape index (κ2) is 5.05. The van der Waals surface area contributed by atoms with Gasteiger partial charge in [-0.15, -0.1) is 10.2 Å². The summed E-state index contributed by atoms with van der Waals surface area (Å²) in [5.41, 5.74) is 1.91. The Kier molecular flexibility index (Phi) is 3.17. The normalized spacial score (nSPS) is 20.1. The molecule has 0 bridgehead atoms. The monoisotopic (exact) mass is 344 g/mol. The average molecular weight is 345 g/mol. The molecule has 3 heterocycles. The third kappa shape index (κ3) is 2.55. The van der Waals surface area contributed by atoms with E-state index in [1.54, 1.807) is 0 Å². The first-order chi connectivity index (χ1) is 10.2. The highest BCUT2D eigenvalue weighted by atomic mass is 79.9. The highest BCUT2D eigenvalue weighted by molar-refractivity contribution is 9.10. The summed E-state index contributed by atoms with van der Waals surface area (Å²) in [5.74, 6) is 1.83. The number of rotatable bonds is 3. The fraction of sp³-hybridized carbons (Fsp3) is 0.438. The van der Waals surface area contributed by atoms with Crippen molar-refractivity contribution in [2.75, 3.05) is 18.0 Å². The van der Waals surface area contributed by atoms with E-state index < -0.39 is 0 Å². The molecular formula is C16H17BrN4. The molecule has 0 amide bonds. The van der Waals surface area contributed by atoms with Gasteiger partial charge in [0.25, 0.3) is 0 Å². The quantitative estimate of drug-likeness (QED) is 0.857. The van der Waals surface area contributed by atoms with Crippen molar-refractivity contribution in [2.24, 2.45) is 11.3 Å².